The summed E-state index contributed by atoms with van der Waals surface area (Å²) in [5, 5.41) is 3.37. The van der Waals surface area contributed by atoms with E-state index in [1.807, 2.05) is 19.2 Å². The first kappa shape index (κ1) is 12.8. The molecule has 0 unspecified atom stereocenters. The first-order chi connectivity index (χ1) is 9.83. The molecular formula is C18H19NO. The number of ether oxygens (including phenoxy) is 1. The van der Waals surface area contributed by atoms with Crippen molar-refractivity contribution in [2.75, 3.05) is 14.2 Å². The average molecular weight is 265 g/mol. The van der Waals surface area contributed by atoms with Gasteiger partial charge in [0.15, 0.2) is 0 Å². The Hall–Kier alpha value is -2.22. The number of nitrogens with one attached hydrogen (secondary N) is 1. The van der Waals surface area contributed by atoms with E-state index in [1.165, 1.54) is 28.0 Å². The molecule has 1 aliphatic carbocycles. The predicted molar refractivity (Wildman–Crippen MR) is 82.8 cm³/mol. The van der Waals surface area contributed by atoms with Crippen molar-refractivity contribution >= 4 is 5.57 Å². The van der Waals surface area contributed by atoms with Gasteiger partial charge in [-0.3, -0.25) is 0 Å². The highest BCUT2D eigenvalue weighted by molar-refractivity contribution is 5.85. The minimum Gasteiger partial charge on any atom is -0.497 e. The van der Waals surface area contributed by atoms with Crippen LogP contribution in [0, 0.1) is 0 Å². The highest BCUT2D eigenvalue weighted by atomic mass is 16.5. The lowest BCUT2D eigenvalue weighted by Crippen LogP contribution is -2.15. The Morgan fingerprint density at radius 3 is 2.65 bits per heavy atom. The van der Waals surface area contributed by atoms with E-state index in [2.05, 4.69) is 41.7 Å². The van der Waals surface area contributed by atoms with E-state index in [0.29, 0.717) is 0 Å². The Morgan fingerprint density at radius 2 is 1.85 bits per heavy atom. The SMILES string of the molecule is CNC1=C(c2cccc(OC)c2)c2ccccc2CC1. The molecular weight excluding hydrogens is 246 g/mol. The lowest BCUT2D eigenvalue weighted by atomic mass is 9.85. The number of methoxy groups -OCH3 is 1. The van der Waals surface area contributed by atoms with Crippen LogP contribution < -0.4 is 10.1 Å². The van der Waals surface area contributed by atoms with Gasteiger partial charge in [-0.05, 0) is 41.7 Å². The van der Waals surface area contributed by atoms with Crippen molar-refractivity contribution in [3.05, 3.63) is 70.9 Å². The van der Waals surface area contributed by atoms with Gasteiger partial charge in [0.2, 0.25) is 0 Å². The molecule has 0 aliphatic heterocycles. The summed E-state index contributed by atoms with van der Waals surface area (Å²) in [6.45, 7) is 0. The van der Waals surface area contributed by atoms with Crippen LogP contribution in [-0.2, 0) is 6.42 Å². The van der Waals surface area contributed by atoms with Crippen molar-refractivity contribution < 1.29 is 4.74 Å². The number of hydrogen-bond acceptors (Lipinski definition) is 2. The van der Waals surface area contributed by atoms with E-state index in [0.717, 1.165) is 18.6 Å². The maximum Gasteiger partial charge on any atom is 0.119 e. The monoisotopic (exact) mass is 265 g/mol. The molecule has 2 nitrogen and oxygen atoms in total. The third-order valence-corrected chi connectivity index (χ3v) is 3.89. The largest absolute Gasteiger partial charge is 0.497 e. The summed E-state index contributed by atoms with van der Waals surface area (Å²) in [6, 6.07) is 16.9. The number of benzene rings is 2. The molecule has 0 spiro atoms. The van der Waals surface area contributed by atoms with Gasteiger partial charge in [-0.1, -0.05) is 36.4 Å². The minimum atomic E-state index is 0.897. The van der Waals surface area contributed by atoms with Gasteiger partial charge in [-0.2, -0.15) is 0 Å². The van der Waals surface area contributed by atoms with Crippen LogP contribution in [0.3, 0.4) is 0 Å². The van der Waals surface area contributed by atoms with Crippen LogP contribution in [0.5, 0.6) is 5.75 Å². The Morgan fingerprint density at radius 1 is 1.00 bits per heavy atom. The quantitative estimate of drug-likeness (QED) is 0.915. The Bertz CT molecular complexity index is 658. The van der Waals surface area contributed by atoms with Gasteiger partial charge in [0, 0.05) is 18.3 Å². The Labute approximate surface area is 120 Å². The highest BCUT2D eigenvalue weighted by Gasteiger charge is 2.19. The third kappa shape index (κ3) is 2.18. The van der Waals surface area contributed by atoms with Gasteiger partial charge in [0.05, 0.1) is 7.11 Å². The molecule has 1 aliphatic rings. The summed E-state index contributed by atoms with van der Waals surface area (Å²) in [5.41, 5.74) is 6.56. The van der Waals surface area contributed by atoms with Crippen LogP contribution in [-0.4, -0.2) is 14.2 Å². The van der Waals surface area contributed by atoms with E-state index in [1.54, 1.807) is 7.11 Å². The molecule has 0 heterocycles. The zero-order chi connectivity index (χ0) is 13.9. The van der Waals surface area contributed by atoms with Gasteiger partial charge >= 0.3 is 0 Å². The summed E-state index contributed by atoms with van der Waals surface area (Å²) in [6.07, 6.45) is 2.15. The Balaban J connectivity index is 2.19. The highest BCUT2D eigenvalue weighted by Crippen LogP contribution is 2.35. The number of fused-ring (bicyclic) bond motifs is 1. The molecule has 2 aromatic carbocycles. The number of rotatable bonds is 3. The minimum absolute atomic E-state index is 0.897. The van der Waals surface area contributed by atoms with Crippen LogP contribution in [0.25, 0.3) is 5.57 Å². The van der Waals surface area contributed by atoms with Crippen LogP contribution in [0.4, 0.5) is 0 Å². The third-order valence-electron chi connectivity index (χ3n) is 3.89. The number of allylic oxidation sites excluding steroid dienone is 1. The molecule has 1 N–H and O–H groups in total. The van der Waals surface area contributed by atoms with Gasteiger partial charge in [-0.15, -0.1) is 0 Å². The van der Waals surface area contributed by atoms with E-state index in [-0.39, 0.29) is 0 Å². The molecule has 0 amide bonds. The first-order valence-corrected chi connectivity index (χ1v) is 6.97. The molecule has 0 radical (unpaired) electrons. The lowest BCUT2D eigenvalue weighted by molar-refractivity contribution is 0.414. The number of hydrogen-bond donors (Lipinski definition) is 1. The second kappa shape index (κ2) is 5.41. The smallest absolute Gasteiger partial charge is 0.119 e. The molecule has 0 bridgehead atoms. The van der Waals surface area contributed by atoms with Gasteiger partial charge < -0.3 is 10.1 Å². The van der Waals surface area contributed by atoms with Gasteiger partial charge in [0.1, 0.15) is 5.75 Å². The van der Waals surface area contributed by atoms with Crippen molar-refractivity contribution in [3.8, 4) is 5.75 Å². The predicted octanol–water partition coefficient (Wildman–Crippen LogP) is 3.62. The fourth-order valence-electron chi connectivity index (χ4n) is 2.89. The maximum atomic E-state index is 5.36. The summed E-state index contributed by atoms with van der Waals surface area (Å²) in [7, 11) is 3.71. The summed E-state index contributed by atoms with van der Waals surface area (Å²) < 4.78 is 5.36. The van der Waals surface area contributed by atoms with E-state index in [9.17, 15) is 0 Å². The Kier molecular flexibility index (Phi) is 3.46. The molecule has 0 saturated heterocycles. The van der Waals surface area contributed by atoms with Crippen LogP contribution >= 0.6 is 0 Å². The number of aryl methyl sites for hydroxylation is 1. The summed E-state index contributed by atoms with van der Waals surface area (Å²) >= 11 is 0. The van der Waals surface area contributed by atoms with Crippen LogP contribution in [0.1, 0.15) is 23.1 Å². The van der Waals surface area contributed by atoms with E-state index >= 15 is 0 Å². The van der Waals surface area contributed by atoms with Crippen molar-refractivity contribution in [2.24, 2.45) is 0 Å². The van der Waals surface area contributed by atoms with Gasteiger partial charge in [0.25, 0.3) is 0 Å². The maximum absolute atomic E-state index is 5.36. The normalized spacial score (nSPS) is 13.9. The topological polar surface area (TPSA) is 21.3 Å². The molecule has 0 aromatic heterocycles. The van der Waals surface area contributed by atoms with Crippen molar-refractivity contribution in [2.45, 2.75) is 12.8 Å². The molecule has 20 heavy (non-hydrogen) atoms. The zero-order valence-corrected chi connectivity index (χ0v) is 11.9. The average Bonchev–Trinajstić information content (AvgIpc) is 2.53. The first-order valence-electron chi connectivity index (χ1n) is 6.97. The van der Waals surface area contributed by atoms with E-state index in [4.69, 9.17) is 4.74 Å². The summed E-state index contributed by atoms with van der Waals surface area (Å²) in [5.74, 6) is 0.897. The van der Waals surface area contributed by atoms with E-state index < -0.39 is 0 Å². The van der Waals surface area contributed by atoms with Gasteiger partial charge in [-0.25, -0.2) is 0 Å². The second-order valence-corrected chi connectivity index (χ2v) is 4.99. The fourth-order valence-corrected chi connectivity index (χ4v) is 2.89. The van der Waals surface area contributed by atoms with Crippen LogP contribution in [0.15, 0.2) is 54.2 Å². The second-order valence-electron chi connectivity index (χ2n) is 4.99. The molecule has 0 fully saturated rings. The zero-order valence-electron chi connectivity index (χ0n) is 11.9. The standard InChI is InChI=1S/C18H19NO/c1-19-17-11-10-13-6-3-4-9-16(13)18(17)14-7-5-8-15(12-14)20-2/h3-9,12,19H,10-11H2,1-2H3. The van der Waals surface area contributed by atoms with Crippen molar-refractivity contribution in [1.82, 2.24) is 5.32 Å². The molecule has 102 valence electrons. The summed E-state index contributed by atoms with van der Waals surface area (Å²) in [4.78, 5) is 0. The lowest BCUT2D eigenvalue weighted by Gasteiger charge is -2.24. The fraction of sp³-hybridized carbons (Fsp3) is 0.222. The van der Waals surface area contributed by atoms with Crippen molar-refractivity contribution in [1.29, 1.82) is 0 Å². The molecule has 0 saturated carbocycles. The molecule has 2 heteroatoms. The van der Waals surface area contributed by atoms with Crippen molar-refractivity contribution in [3.63, 3.8) is 0 Å². The molecule has 2 aromatic rings. The van der Waals surface area contributed by atoms with Crippen LogP contribution in [0.2, 0.25) is 0 Å². The molecule has 3 rings (SSSR count). The molecule has 0 atom stereocenters.